The quantitative estimate of drug-likeness (QED) is 0.0553. The number of esters is 1. The summed E-state index contributed by atoms with van der Waals surface area (Å²) in [6.07, 6.45) is 29.0. The monoisotopic (exact) mass is 548 g/mol. The van der Waals surface area contributed by atoms with E-state index in [0.29, 0.717) is 11.9 Å². The van der Waals surface area contributed by atoms with Crippen LogP contribution in [0.4, 0.5) is 0 Å². The van der Waals surface area contributed by atoms with E-state index < -0.39 is 7.26 Å². The molecular formula is C29H58BrO2P. The molecule has 0 saturated carbocycles. The average Bonchev–Trinajstić information content (AvgIpc) is 2.78. The zero-order chi connectivity index (χ0) is 23.9. The van der Waals surface area contributed by atoms with Gasteiger partial charge in [-0.05, 0) is 45.4 Å². The summed E-state index contributed by atoms with van der Waals surface area (Å²) < 4.78 is 5.87. The first-order valence-corrected chi connectivity index (χ1v) is 16.7. The molecule has 0 saturated heterocycles. The SMILES string of the molecule is C=C(C)C(=O)OC[P+](CCCCCCCC)(CCCCCCCC)CCCCCCCC.[Br-]. The number of rotatable bonds is 24. The summed E-state index contributed by atoms with van der Waals surface area (Å²) in [4.78, 5) is 12.2. The van der Waals surface area contributed by atoms with E-state index in [1.54, 1.807) is 6.92 Å². The second-order valence-corrected chi connectivity index (χ2v) is 14.4. The van der Waals surface area contributed by atoms with E-state index in [0.717, 1.165) is 0 Å². The number of hydrogen-bond donors (Lipinski definition) is 0. The summed E-state index contributed by atoms with van der Waals surface area (Å²) in [6, 6.07) is 0. The summed E-state index contributed by atoms with van der Waals surface area (Å²) in [5.74, 6) is -0.178. The third-order valence-corrected chi connectivity index (χ3v) is 11.2. The number of halogens is 1. The molecule has 0 atom stereocenters. The van der Waals surface area contributed by atoms with Gasteiger partial charge in [0.25, 0.3) is 0 Å². The first kappa shape index (κ1) is 35.3. The smallest absolute Gasteiger partial charge is 0.336 e. The lowest BCUT2D eigenvalue weighted by Gasteiger charge is -2.27. The van der Waals surface area contributed by atoms with Crippen LogP contribution < -0.4 is 17.0 Å². The predicted octanol–water partition coefficient (Wildman–Crippen LogP) is 7.17. The highest BCUT2D eigenvalue weighted by molar-refractivity contribution is 7.75. The summed E-state index contributed by atoms with van der Waals surface area (Å²) >= 11 is 0. The molecule has 0 aromatic rings. The molecule has 0 amide bonds. The average molecular weight is 550 g/mol. The highest BCUT2D eigenvalue weighted by Crippen LogP contribution is 2.61. The fourth-order valence-electron chi connectivity index (χ4n) is 4.53. The minimum Gasteiger partial charge on any atom is -1.00 e. The lowest BCUT2D eigenvalue weighted by atomic mass is 10.1. The number of carbonyl (C=O) groups is 1. The van der Waals surface area contributed by atoms with E-state index in [2.05, 4.69) is 27.4 Å². The maximum Gasteiger partial charge on any atom is 0.336 e. The van der Waals surface area contributed by atoms with Crippen molar-refractivity contribution in [1.29, 1.82) is 0 Å². The normalized spacial score (nSPS) is 11.3. The number of carbonyl (C=O) groups excluding carboxylic acids is 1. The molecule has 0 aliphatic heterocycles. The van der Waals surface area contributed by atoms with Crippen molar-refractivity contribution < 1.29 is 26.5 Å². The first-order valence-electron chi connectivity index (χ1n) is 14.2. The Morgan fingerprint density at radius 3 is 1.21 bits per heavy atom. The van der Waals surface area contributed by atoms with Gasteiger partial charge in [0, 0.05) is 5.57 Å². The zero-order valence-corrected chi connectivity index (χ0v) is 25.4. The highest BCUT2D eigenvalue weighted by atomic mass is 79.9. The number of ether oxygens (including phenoxy) is 1. The molecule has 198 valence electrons. The van der Waals surface area contributed by atoms with Gasteiger partial charge in [0.05, 0.1) is 25.7 Å². The van der Waals surface area contributed by atoms with Gasteiger partial charge in [0.2, 0.25) is 0 Å². The van der Waals surface area contributed by atoms with Crippen molar-refractivity contribution >= 4 is 13.2 Å². The Bertz CT molecular complexity index is 412. The molecule has 0 aromatic carbocycles. The Morgan fingerprint density at radius 1 is 0.606 bits per heavy atom. The molecule has 0 aliphatic rings. The molecule has 0 spiro atoms. The van der Waals surface area contributed by atoms with Crippen LogP contribution in [0.15, 0.2) is 12.2 Å². The van der Waals surface area contributed by atoms with E-state index in [9.17, 15) is 4.79 Å². The van der Waals surface area contributed by atoms with Crippen molar-refractivity contribution in [2.75, 3.05) is 24.8 Å². The van der Waals surface area contributed by atoms with Crippen LogP contribution in [0.5, 0.6) is 0 Å². The third-order valence-electron chi connectivity index (χ3n) is 6.78. The van der Waals surface area contributed by atoms with Crippen molar-refractivity contribution in [3.8, 4) is 0 Å². The van der Waals surface area contributed by atoms with Crippen molar-refractivity contribution in [3.63, 3.8) is 0 Å². The predicted molar refractivity (Wildman–Crippen MR) is 147 cm³/mol. The third kappa shape index (κ3) is 21.1. The summed E-state index contributed by atoms with van der Waals surface area (Å²) in [5.41, 5.74) is 0.543. The lowest BCUT2D eigenvalue weighted by Crippen LogP contribution is -3.00. The maximum atomic E-state index is 12.2. The topological polar surface area (TPSA) is 26.3 Å². The zero-order valence-electron chi connectivity index (χ0n) is 22.9. The van der Waals surface area contributed by atoms with E-state index in [1.807, 2.05) is 0 Å². The Hall–Kier alpha value is 0.120. The van der Waals surface area contributed by atoms with Crippen LogP contribution in [0.2, 0.25) is 0 Å². The second kappa shape index (κ2) is 25.2. The van der Waals surface area contributed by atoms with E-state index >= 15 is 0 Å². The van der Waals surface area contributed by atoms with Gasteiger partial charge in [-0.15, -0.1) is 0 Å². The Kier molecular flexibility index (Phi) is 27.0. The van der Waals surface area contributed by atoms with Crippen LogP contribution >= 0.6 is 7.26 Å². The van der Waals surface area contributed by atoms with E-state index in [1.165, 1.54) is 134 Å². The minimum atomic E-state index is -1.24. The molecule has 33 heavy (non-hydrogen) atoms. The van der Waals surface area contributed by atoms with Crippen LogP contribution in [0.25, 0.3) is 0 Å². The molecule has 0 heterocycles. The molecule has 0 unspecified atom stereocenters. The van der Waals surface area contributed by atoms with Gasteiger partial charge in [-0.2, -0.15) is 0 Å². The van der Waals surface area contributed by atoms with E-state index in [4.69, 9.17) is 4.74 Å². The maximum absolute atomic E-state index is 12.2. The Labute approximate surface area is 219 Å². The van der Waals surface area contributed by atoms with Gasteiger partial charge < -0.3 is 21.7 Å². The second-order valence-electron chi connectivity index (χ2n) is 10.2. The van der Waals surface area contributed by atoms with Crippen LogP contribution in [-0.2, 0) is 9.53 Å². The largest absolute Gasteiger partial charge is 1.00 e. The fourth-order valence-corrected chi connectivity index (χ4v) is 8.66. The number of unbranched alkanes of at least 4 members (excludes halogenated alkanes) is 15. The van der Waals surface area contributed by atoms with E-state index in [-0.39, 0.29) is 23.0 Å². The van der Waals surface area contributed by atoms with Gasteiger partial charge in [-0.3, -0.25) is 0 Å². The Balaban J connectivity index is 0. The molecule has 0 bridgehead atoms. The molecule has 0 aliphatic carbocycles. The lowest BCUT2D eigenvalue weighted by molar-refractivity contribution is -0.136. The van der Waals surface area contributed by atoms with Crippen molar-refractivity contribution in [1.82, 2.24) is 0 Å². The van der Waals surface area contributed by atoms with Crippen LogP contribution in [0, 0.1) is 0 Å². The molecule has 0 N–H and O–H groups in total. The van der Waals surface area contributed by atoms with Crippen LogP contribution in [0.1, 0.15) is 143 Å². The molecular weight excluding hydrogens is 491 g/mol. The van der Waals surface area contributed by atoms with Crippen LogP contribution in [-0.4, -0.2) is 30.8 Å². The van der Waals surface area contributed by atoms with Crippen molar-refractivity contribution in [2.24, 2.45) is 0 Å². The summed E-state index contributed by atoms with van der Waals surface area (Å²) in [7, 11) is -1.24. The minimum absolute atomic E-state index is 0. The van der Waals surface area contributed by atoms with Gasteiger partial charge in [0.15, 0.2) is 6.35 Å². The van der Waals surface area contributed by atoms with Gasteiger partial charge >= 0.3 is 5.97 Å². The van der Waals surface area contributed by atoms with Crippen molar-refractivity contribution in [2.45, 2.75) is 143 Å². The highest BCUT2D eigenvalue weighted by Gasteiger charge is 2.37. The molecule has 0 fully saturated rings. The van der Waals surface area contributed by atoms with Gasteiger partial charge in [-0.25, -0.2) is 4.79 Å². The summed E-state index contributed by atoms with van der Waals surface area (Å²) in [5, 5.41) is 0. The summed E-state index contributed by atoms with van der Waals surface area (Å²) in [6.45, 7) is 12.4. The molecule has 0 radical (unpaired) electrons. The van der Waals surface area contributed by atoms with Gasteiger partial charge in [0.1, 0.15) is 0 Å². The van der Waals surface area contributed by atoms with Crippen molar-refractivity contribution in [3.05, 3.63) is 12.2 Å². The molecule has 0 rings (SSSR count). The fraction of sp³-hybridized carbons (Fsp3) is 0.897. The van der Waals surface area contributed by atoms with Crippen LogP contribution in [0.3, 0.4) is 0 Å². The molecule has 0 aromatic heterocycles. The first-order chi connectivity index (χ1) is 15.5. The molecule has 2 nitrogen and oxygen atoms in total. The number of hydrogen-bond acceptors (Lipinski definition) is 2. The molecule has 4 heteroatoms. The Morgan fingerprint density at radius 2 is 0.909 bits per heavy atom. The standard InChI is InChI=1S/C29H58O2P.BrH/c1-6-9-12-15-18-21-24-32(27-31-29(30)28(4)5,25-22-19-16-13-10-7-2)26-23-20-17-14-11-8-3;/h4,6-27H2,1-3,5H3;1H/q+1;/p-1. The van der Waals surface area contributed by atoms with Gasteiger partial charge in [-0.1, -0.05) is 104 Å².